The van der Waals surface area contributed by atoms with Crippen LogP contribution in [0.5, 0.6) is 5.75 Å². The molecule has 0 radical (unpaired) electrons. The van der Waals surface area contributed by atoms with Crippen molar-refractivity contribution in [2.45, 2.75) is 18.6 Å². The molecule has 1 aromatic carbocycles. The maximum Gasteiger partial charge on any atom is 0.268 e. The molecule has 0 spiro atoms. The molecule has 0 aliphatic carbocycles. The van der Waals surface area contributed by atoms with Crippen molar-refractivity contribution in [2.24, 2.45) is 0 Å². The normalized spacial score (nSPS) is 18.8. The van der Waals surface area contributed by atoms with Gasteiger partial charge >= 0.3 is 0 Å². The van der Waals surface area contributed by atoms with Gasteiger partial charge in [-0.15, -0.1) is 11.8 Å². The Kier molecular flexibility index (Phi) is 2.78. The Morgan fingerprint density at radius 3 is 2.84 bits per heavy atom. The fourth-order valence-corrected chi connectivity index (χ4v) is 3.51. The Bertz CT molecular complexity index is 756. The van der Waals surface area contributed by atoms with Gasteiger partial charge in [-0.2, -0.15) is 0 Å². The van der Waals surface area contributed by atoms with Crippen LogP contribution in [-0.2, 0) is 0 Å². The second kappa shape index (κ2) is 4.35. The summed E-state index contributed by atoms with van der Waals surface area (Å²) in [5.74, 6) is -0.358. The largest absolute Gasteiger partial charge is 0.504 e. The van der Waals surface area contributed by atoms with Crippen LogP contribution in [0.4, 0.5) is 0 Å². The molecular formula is C14H11NO3S. The van der Waals surface area contributed by atoms with Crippen LogP contribution < -0.4 is 10.9 Å². The van der Waals surface area contributed by atoms with Crippen molar-refractivity contribution >= 4 is 16.7 Å². The van der Waals surface area contributed by atoms with Gasteiger partial charge in [-0.25, -0.2) is 0 Å². The topological polar surface area (TPSA) is 67.3 Å². The molecule has 3 rings (SSSR count). The zero-order chi connectivity index (χ0) is 13.6. The number of aryl methyl sites for hydroxylation is 1. The maximum absolute atomic E-state index is 11.4. The average Bonchev–Trinajstić information content (AvgIpc) is 2.88. The highest BCUT2D eigenvalue weighted by molar-refractivity contribution is 8.08. The Morgan fingerprint density at radius 1 is 1.37 bits per heavy atom. The van der Waals surface area contributed by atoms with Crippen LogP contribution in [0.3, 0.4) is 0 Å². The third-order valence-electron chi connectivity index (χ3n) is 3.21. The third kappa shape index (κ3) is 1.90. The Hall–Kier alpha value is -1.88. The second-order valence-electron chi connectivity index (χ2n) is 4.52. The first kappa shape index (κ1) is 12.2. The fraction of sp³-hybridized carbons (Fsp3) is 0.214. The molecule has 1 atom stereocenters. The Morgan fingerprint density at radius 2 is 2.16 bits per heavy atom. The maximum atomic E-state index is 11.4. The molecule has 1 aliphatic heterocycles. The fourth-order valence-electron chi connectivity index (χ4n) is 2.22. The number of nitrogens with zero attached hydrogens (tertiary/aromatic N) is 1. The van der Waals surface area contributed by atoms with E-state index in [1.807, 2.05) is 25.1 Å². The van der Waals surface area contributed by atoms with Gasteiger partial charge in [-0.3, -0.25) is 14.6 Å². The lowest BCUT2D eigenvalue weighted by atomic mass is 10.0. The van der Waals surface area contributed by atoms with Crippen LogP contribution in [0.1, 0.15) is 28.5 Å². The molecule has 5 heteroatoms. The number of aromatic hydroxyl groups is 1. The molecule has 2 aromatic rings. The molecule has 0 saturated carbocycles. The average molecular weight is 273 g/mol. The molecule has 4 nitrogen and oxygen atoms in total. The SMILES string of the molecule is Cc1cc(C2=CCC(c3c(O)c(=O)c3=O)S2)ccn1. The minimum atomic E-state index is -0.760. The van der Waals surface area contributed by atoms with Crippen molar-refractivity contribution in [3.8, 4) is 5.75 Å². The van der Waals surface area contributed by atoms with Crippen LogP contribution in [0.15, 0.2) is 34.0 Å². The number of allylic oxidation sites excluding steroid dienone is 1. The van der Waals surface area contributed by atoms with Gasteiger partial charge in [-0.05, 0) is 31.0 Å². The van der Waals surface area contributed by atoms with Gasteiger partial charge in [0.05, 0.1) is 5.56 Å². The number of hydrogen-bond acceptors (Lipinski definition) is 5. The number of thioether (sulfide) groups is 1. The van der Waals surface area contributed by atoms with Crippen LogP contribution >= 0.6 is 11.8 Å². The molecule has 1 aliphatic rings. The summed E-state index contributed by atoms with van der Waals surface area (Å²) in [5, 5.41) is 9.33. The van der Waals surface area contributed by atoms with Crippen LogP contribution in [0, 0.1) is 6.92 Å². The smallest absolute Gasteiger partial charge is 0.268 e. The lowest BCUT2D eigenvalue weighted by Crippen LogP contribution is -2.35. The van der Waals surface area contributed by atoms with Crippen LogP contribution in [0.2, 0.25) is 0 Å². The summed E-state index contributed by atoms with van der Waals surface area (Å²) in [6.07, 6.45) is 4.43. The van der Waals surface area contributed by atoms with E-state index in [9.17, 15) is 14.7 Å². The summed E-state index contributed by atoms with van der Waals surface area (Å²) < 4.78 is 0. The number of hydrogen-bond donors (Lipinski definition) is 1. The summed E-state index contributed by atoms with van der Waals surface area (Å²) in [6.45, 7) is 1.92. The van der Waals surface area contributed by atoms with E-state index in [2.05, 4.69) is 4.98 Å². The molecule has 0 bridgehead atoms. The van der Waals surface area contributed by atoms with E-state index in [1.54, 1.807) is 6.20 Å². The van der Waals surface area contributed by atoms with Crippen molar-refractivity contribution in [2.75, 3.05) is 0 Å². The van der Waals surface area contributed by atoms with E-state index in [1.165, 1.54) is 11.8 Å². The monoisotopic (exact) mass is 273 g/mol. The summed E-state index contributed by atoms with van der Waals surface area (Å²) in [6, 6.07) is 3.89. The van der Waals surface area contributed by atoms with Crippen molar-refractivity contribution < 1.29 is 5.11 Å². The van der Waals surface area contributed by atoms with Crippen molar-refractivity contribution in [3.63, 3.8) is 0 Å². The lowest BCUT2D eigenvalue weighted by Gasteiger charge is -2.12. The van der Waals surface area contributed by atoms with E-state index in [0.29, 0.717) is 6.42 Å². The summed E-state index contributed by atoms with van der Waals surface area (Å²) in [5.41, 5.74) is 0.948. The first-order valence-electron chi connectivity index (χ1n) is 5.90. The quantitative estimate of drug-likeness (QED) is 0.847. The Labute approximate surface area is 113 Å². The van der Waals surface area contributed by atoms with E-state index in [4.69, 9.17) is 0 Å². The molecule has 19 heavy (non-hydrogen) atoms. The van der Waals surface area contributed by atoms with Gasteiger partial charge in [0.1, 0.15) is 0 Å². The van der Waals surface area contributed by atoms with Gasteiger partial charge in [0.25, 0.3) is 5.43 Å². The molecule has 1 aromatic heterocycles. The van der Waals surface area contributed by atoms with E-state index in [-0.39, 0.29) is 16.6 Å². The van der Waals surface area contributed by atoms with E-state index < -0.39 is 10.9 Å². The van der Waals surface area contributed by atoms with Crippen molar-refractivity contribution in [1.82, 2.24) is 4.98 Å². The standard InChI is InChI=1S/C14H11NO3S/c1-7-6-8(4-5-15-7)9-2-3-10(19-9)11-12(16)14(18)13(11)17/h2,4-6,10,16H,3H2,1H3. The zero-order valence-electron chi connectivity index (χ0n) is 10.2. The minimum Gasteiger partial charge on any atom is -0.504 e. The zero-order valence-corrected chi connectivity index (χ0v) is 11.0. The van der Waals surface area contributed by atoms with Gasteiger partial charge in [0.2, 0.25) is 5.43 Å². The summed E-state index contributed by atoms with van der Waals surface area (Å²) in [7, 11) is 0. The molecular weight excluding hydrogens is 262 g/mol. The lowest BCUT2D eigenvalue weighted by molar-refractivity contribution is 0.453. The highest BCUT2D eigenvalue weighted by atomic mass is 32.2. The molecule has 0 saturated heterocycles. The highest BCUT2D eigenvalue weighted by Crippen LogP contribution is 2.48. The van der Waals surface area contributed by atoms with Gasteiger partial charge in [0, 0.05) is 22.0 Å². The number of pyridine rings is 1. The van der Waals surface area contributed by atoms with Crippen molar-refractivity contribution in [1.29, 1.82) is 0 Å². The number of aromatic nitrogens is 1. The highest BCUT2D eigenvalue weighted by Gasteiger charge is 2.31. The first-order valence-corrected chi connectivity index (χ1v) is 6.78. The van der Waals surface area contributed by atoms with Gasteiger partial charge in [-0.1, -0.05) is 6.08 Å². The van der Waals surface area contributed by atoms with Crippen LogP contribution in [0.25, 0.3) is 4.91 Å². The molecule has 2 heterocycles. The van der Waals surface area contributed by atoms with Crippen molar-refractivity contribution in [3.05, 3.63) is 61.7 Å². The number of rotatable bonds is 2. The predicted octanol–water partition coefficient (Wildman–Crippen LogP) is 1.91. The molecule has 0 amide bonds. The first-order chi connectivity index (χ1) is 9.08. The molecule has 0 fully saturated rings. The molecule has 1 unspecified atom stereocenters. The molecule has 96 valence electrons. The van der Waals surface area contributed by atoms with Gasteiger partial charge in [0.15, 0.2) is 5.75 Å². The van der Waals surface area contributed by atoms with Gasteiger partial charge < -0.3 is 5.11 Å². The third-order valence-corrected chi connectivity index (χ3v) is 4.58. The van der Waals surface area contributed by atoms with E-state index >= 15 is 0 Å². The Balaban J connectivity index is 1.85. The summed E-state index contributed by atoms with van der Waals surface area (Å²) in [4.78, 5) is 27.7. The summed E-state index contributed by atoms with van der Waals surface area (Å²) >= 11 is 1.51. The molecule has 1 N–H and O–H groups in total. The second-order valence-corrected chi connectivity index (χ2v) is 5.76. The van der Waals surface area contributed by atoms with E-state index in [0.717, 1.165) is 16.2 Å². The minimum absolute atomic E-state index is 0.145. The van der Waals surface area contributed by atoms with Crippen LogP contribution in [-0.4, -0.2) is 10.1 Å². The predicted molar refractivity (Wildman–Crippen MR) is 74.9 cm³/mol.